The number of ether oxygens (including phenoxy) is 1. The molecule has 1 rings (SSSR count). The van der Waals surface area contributed by atoms with Crippen molar-refractivity contribution in [2.24, 2.45) is 5.92 Å². The number of hydrogen-bond donors (Lipinski definition) is 0. The van der Waals surface area contributed by atoms with Crippen molar-refractivity contribution in [1.82, 2.24) is 0 Å². The Morgan fingerprint density at radius 1 is 1.31 bits per heavy atom. The molecule has 2 nitrogen and oxygen atoms in total. The van der Waals surface area contributed by atoms with Gasteiger partial charge in [0, 0.05) is 20.6 Å². The molecule has 0 aliphatic heterocycles. The second-order valence-electron chi connectivity index (χ2n) is 3.11. The van der Waals surface area contributed by atoms with Crippen LogP contribution in [0.15, 0.2) is 0 Å². The topological polar surface area (TPSA) is 26.3 Å². The van der Waals surface area contributed by atoms with E-state index in [1.807, 2.05) is 13.8 Å². The van der Waals surface area contributed by atoms with Crippen LogP contribution in [-0.4, -0.2) is 20.0 Å². The van der Waals surface area contributed by atoms with Crippen LogP contribution in [-0.2, 0) is 9.53 Å². The number of Topliss-reactive ketones (excluding diaryl/α,β-unsaturated/α-hetero) is 1. The van der Waals surface area contributed by atoms with E-state index in [2.05, 4.69) is 4.74 Å². The molecule has 1 fully saturated rings. The highest BCUT2D eigenvalue weighted by Gasteiger charge is 2.18. The second kappa shape index (κ2) is 11.6. The van der Waals surface area contributed by atoms with Crippen LogP contribution >= 0.6 is 0 Å². The summed E-state index contributed by atoms with van der Waals surface area (Å²) in [4.78, 5) is 10.4. The van der Waals surface area contributed by atoms with Gasteiger partial charge in [0.2, 0.25) is 0 Å². The molecular formula is C11H24O2. The third-order valence-corrected chi connectivity index (χ3v) is 1.80. The largest absolute Gasteiger partial charge is 0.388 e. The van der Waals surface area contributed by atoms with Gasteiger partial charge in [-0.3, -0.25) is 0 Å². The summed E-state index contributed by atoms with van der Waals surface area (Å²) in [5.74, 6) is 1.11. The number of hydrogen-bond acceptors (Lipinski definition) is 2. The van der Waals surface area contributed by atoms with Crippen molar-refractivity contribution >= 4 is 5.78 Å². The van der Waals surface area contributed by atoms with Crippen molar-refractivity contribution in [3.8, 4) is 0 Å². The SMILES string of the molecule is CC.CC(=O)CC1CCC1.COC. The third-order valence-electron chi connectivity index (χ3n) is 1.80. The minimum absolute atomic E-state index is 0.356. The molecule has 0 bridgehead atoms. The standard InChI is InChI=1S/C7H12O.C2H6O.C2H6/c1-6(8)5-7-3-2-4-7;1-3-2;1-2/h7H,2-5H2,1H3;1-2H3;1-2H3. The lowest BCUT2D eigenvalue weighted by molar-refractivity contribution is -0.118. The van der Waals surface area contributed by atoms with Gasteiger partial charge in [-0.05, 0) is 12.8 Å². The fraction of sp³-hybridized carbons (Fsp3) is 0.909. The van der Waals surface area contributed by atoms with Crippen LogP contribution in [0.25, 0.3) is 0 Å². The van der Waals surface area contributed by atoms with Gasteiger partial charge in [-0.1, -0.05) is 33.1 Å². The molecule has 0 unspecified atom stereocenters. The van der Waals surface area contributed by atoms with E-state index in [0.29, 0.717) is 5.78 Å². The lowest BCUT2D eigenvalue weighted by Crippen LogP contribution is -2.13. The van der Waals surface area contributed by atoms with Gasteiger partial charge < -0.3 is 9.53 Å². The average molecular weight is 188 g/mol. The van der Waals surface area contributed by atoms with Crippen LogP contribution in [0.1, 0.15) is 46.5 Å². The molecule has 80 valence electrons. The molecule has 0 aromatic rings. The Morgan fingerprint density at radius 2 is 1.69 bits per heavy atom. The maximum absolute atomic E-state index is 10.4. The molecule has 0 N–H and O–H groups in total. The van der Waals surface area contributed by atoms with Crippen LogP contribution in [0, 0.1) is 5.92 Å². The van der Waals surface area contributed by atoms with Crippen molar-refractivity contribution in [1.29, 1.82) is 0 Å². The third kappa shape index (κ3) is 11.6. The summed E-state index contributed by atoms with van der Waals surface area (Å²) in [6, 6.07) is 0. The second-order valence-corrected chi connectivity index (χ2v) is 3.11. The van der Waals surface area contributed by atoms with Crippen molar-refractivity contribution in [3.63, 3.8) is 0 Å². The smallest absolute Gasteiger partial charge is 0.130 e. The van der Waals surface area contributed by atoms with E-state index in [4.69, 9.17) is 0 Å². The minimum Gasteiger partial charge on any atom is -0.388 e. The van der Waals surface area contributed by atoms with Gasteiger partial charge in [0.25, 0.3) is 0 Å². The van der Waals surface area contributed by atoms with Gasteiger partial charge >= 0.3 is 0 Å². The highest BCUT2D eigenvalue weighted by molar-refractivity contribution is 5.75. The maximum atomic E-state index is 10.4. The maximum Gasteiger partial charge on any atom is 0.130 e. The van der Waals surface area contributed by atoms with E-state index in [1.54, 1.807) is 21.1 Å². The average Bonchev–Trinajstić information content (AvgIpc) is 2.03. The van der Waals surface area contributed by atoms with Gasteiger partial charge in [0.15, 0.2) is 0 Å². The van der Waals surface area contributed by atoms with Gasteiger partial charge in [-0.25, -0.2) is 0 Å². The fourth-order valence-electron chi connectivity index (χ4n) is 1.10. The Morgan fingerprint density at radius 3 is 1.77 bits per heavy atom. The monoisotopic (exact) mass is 188 g/mol. The molecule has 1 aliphatic rings. The molecule has 0 atom stereocenters. The molecule has 0 saturated heterocycles. The van der Waals surface area contributed by atoms with Crippen molar-refractivity contribution in [2.75, 3.05) is 14.2 Å². The molecule has 0 spiro atoms. The fourth-order valence-corrected chi connectivity index (χ4v) is 1.10. The van der Waals surface area contributed by atoms with Crippen molar-refractivity contribution in [3.05, 3.63) is 0 Å². The highest BCUT2D eigenvalue weighted by atomic mass is 16.4. The van der Waals surface area contributed by atoms with E-state index < -0.39 is 0 Å². The molecule has 0 radical (unpaired) electrons. The summed E-state index contributed by atoms with van der Waals surface area (Å²) in [6.45, 7) is 5.68. The number of carbonyl (C=O) groups excluding carboxylic acids is 1. The van der Waals surface area contributed by atoms with E-state index in [0.717, 1.165) is 12.3 Å². The van der Waals surface area contributed by atoms with Gasteiger partial charge in [0.1, 0.15) is 5.78 Å². The molecule has 0 aromatic carbocycles. The molecule has 0 amide bonds. The van der Waals surface area contributed by atoms with E-state index >= 15 is 0 Å². The molecule has 0 aromatic heterocycles. The molecule has 2 heteroatoms. The van der Waals surface area contributed by atoms with Crippen LogP contribution in [0.2, 0.25) is 0 Å². The number of methoxy groups -OCH3 is 1. The lowest BCUT2D eigenvalue weighted by Gasteiger charge is -2.23. The Kier molecular flexibility index (Phi) is 13.5. The van der Waals surface area contributed by atoms with E-state index in [9.17, 15) is 4.79 Å². The number of ketones is 1. The van der Waals surface area contributed by atoms with E-state index in [-0.39, 0.29) is 0 Å². The predicted octanol–water partition coefficient (Wildman–Crippen LogP) is 3.05. The summed E-state index contributed by atoms with van der Waals surface area (Å²) < 4.78 is 4.25. The highest BCUT2D eigenvalue weighted by Crippen LogP contribution is 2.29. The minimum atomic E-state index is 0.356. The molecule has 0 heterocycles. The first-order valence-electron chi connectivity index (χ1n) is 5.10. The van der Waals surface area contributed by atoms with Crippen LogP contribution < -0.4 is 0 Å². The first-order valence-corrected chi connectivity index (χ1v) is 5.10. The summed E-state index contributed by atoms with van der Waals surface area (Å²) in [5.41, 5.74) is 0. The van der Waals surface area contributed by atoms with Crippen molar-refractivity contribution in [2.45, 2.75) is 46.5 Å². The zero-order valence-corrected chi connectivity index (χ0v) is 9.72. The number of rotatable bonds is 2. The van der Waals surface area contributed by atoms with Gasteiger partial charge in [-0.15, -0.1) is 0 Å². The molecular weight excluding hydrogens is 164 g/mol. The van der Waals surface area contributed by atoms with Crippen LogP contribution in [0.5, 0.6) is 0 Å². The Bertz CT molecular complexity index is 107. The van der Waals surface area contributed by atoms with Gasteiger partial charge in [-0.2, -0.15) is 0 Å². The van der Waals surface area contributed by atoms with Crippen molar-refractivity contribution < 1.29 is 9.53 Å². The summed E-state index contributed by atoms with van der Waals surface area (Å²) >= 11 is 0. The Labute approximate surface area is 82.7 Å². The van der Waals surface area contributed by atoms with E-state index in [1.165, 1.54) is 19.3 Å². The summed E-state index contributed by atoms with van der Waals surface area (Å²) in [5, 5.41) is 0. The quantitative estimate of drug-likeness (QED) is 0.665. The Balaban J connectivity index is 0. The summed E-state index contributed by atoms with van der Waals surface area (Å²) in [6.07, 6.45) is 4.76. The molecule has 1 saturated carbocycles. The van der Waals surface area contributed by atoms with Crippen LogP contribution in [0.4, 0.5) is 0 Å². The summed E-state index contributed by atoms with van der Waals surface area (Å²) in [7, 11) is 3.25. The zero-order valence-electron chi connectivity index (χ0n) is 9.72. The van der Waals surface area contributed by atoms with Gasteiger partial charge in [0.05, 0.1) is 0 Å². The normalized spacial score (nSPS) is 14.2. The Hall–Kier alpha value is -0.370. The first-order chi connectivity index (χ1) is 6.20. The molecule has 13 heavy (non-hydrogen) atoms. The van der Waals surface area contributed by atoms with Crippen LogP contribution in [0.3, 0.4) is 0 Å². The molecule has 1 aliphatic carbocycles. The predicted molar refractivity (Wildman–Crippen MR) is 56.9 cm³/mol. The lowest BCUT2D eigenvalue weighted by atomic mass is 9.82. The first kappa shape index (κ1) is 15.1. The zero-order chi connectivity index (χ0) is 10.7. The number of carbonyl (C=O) groups is 1.